The fourth-order valence-corrected chi connectivity index (χ4v) is 6.26. The molecule has 0 saturated heterocycles. The van der Waals surface area contributed by atoms with E-state index in [-0.39, 0.29) is 15.6 Å². The van der Waals surface area contributed by atoms with Crippen molar-refractivity contribution in [2.45, 2.75) is 48.1 Å². The number of alkyl halides is 7. The van der Waals surface area contributed by atoms with Crippen LogP contribution in [0.3, 0.4) is 0 Å². The van der Waals surface area contributed by atoms with Gasteiger partial charge in [-0.15, -0.1) is 10.2 Å². The van der Waals surface area contributed by atoms with Gasteiger partial charge in [-0.05, 0) is 29.3 Å². The van der Waals surface area contributed by atoms with Gasteiger partial charge in [0, 0.05) is 39.6 Å². The minimum absolute atomic E-state index is 0.00514. The van der Waals surface area contributed by atoms with E-state index in [4.69, 9.17) is 25.3 Å². The molecule has 1 aliphatic rings. The lowest BCUT2D eigenvalue weighted by molar-refractivity contribution is -0.166. The van der Waals surface area contributed by atoms with Crippen LogP contribution in [0, 0.1) is 0 Å². The number of nitrogens with zero attached hydrogens (tertiary/aromatic N) is 2. The Kier molecular flexibility index (Phi) is 11.5. The van der Waals surface area contributed by atoms with Gasteiger partial charge in [-0.25, -0.2) is 0 Å². The van der Waals surface area contributed by atoms with Gasteiger partial charge >= 0.3 is 38.4 Å². The van der Waals surface area contributed by atoms with Crippen molar-refractivity contribution in [2.75, 3.05) is 0 Å². The Bertz CT molecular complexity index is 2040. The molecule has 14 nitrogen and oxygen atoms in total. The fourth-order valence-electron chi connectivity index (χ4n) is 4.80. The summed E-state index contributed by atoms with van der Waals surface area (Å²) >= 11 is 3.00. The van der Waals surface area contributed by atoms with Crippen LogP contribution in [-0.4, -0.2) is 55.6 Å². The van der Waals surface area contributed by atoms with E-state index < -0.39 is 103 Å². The van der Waals surface area contributed by atoms with E-state index in [9.17, 15) is 54.2 Å². The Morgan fingerprint density at radius 1 is 0.736 bits per heavy atom. The highest BCUT2D eigenvalue weighted by Gasteiger charge is 2.65. The van der Waals surface area contributed by atoms with Gasteiger partial charge in [0.25, 0.3) is 5.91 Å². The number of benzene rings is 3. The van der Waals surface area contributed by atoms with E-state index in [1.807, 2.05) is 0 Å². The Hall–Kier alpha value is -4.04. The van der Waals surface area contributed by atoms with Crippen molar-refractivity contribution in [1.82, 2.24) is 10.6 Å². The third-order valence-corrected chi connectivity index (χ3v) is 10.2. The third kappa shape index (κ3) is 9.02. The Labute approximate surface area is 301 Å². The first-order valence-electron chi connectivity index (χ1n) is 14.5. The topological polar surface area (TPSA) is 241 Å². The van der Waals surface area contributed by atoms with Crippen LogP contribution in [0.25, 0.3) is 0 Å². The summed E-state index contributed by atoms with van der Waals surface area (Å²) in [5.74, 6) is -3.53. The fraction of sp³-hybridized carbons (Fsp3) is 0.276. The predicted octanol–water partition coefficient (Wildman–Crippen LogP) is 4.64. The lowest BCUT2D eigenvalue weighted by atomic mass is 9.99. The third-order valence-electron chi connectivity index (χ3n) is 7.75. The second-order valence-electron chi connectivity index (χ2n) is 11.6. The maximum absolute atomic E-state index is 14.2. The average Bonchev–Trinajstić information content (AvgIpc) is 3.86. The zero-order valence-corrected chi connectivity index (χ0v) is 29.5. The summed E-state index contributed by atoms with van der Waals surface area (Å²) in [6, 6.07) is 5.89. The van der Waals surface area contributed by atoms with Gasteiger partial charge in [-0.2, -0.15) is 30.7 Å². The van der Waals surface area contributed by atoms with Crippen molar-refractivity contribution < 1.29 is 73.8 Å². The van der Waals surface area contributed by atoms with Crippen LogP contribution in [0.2, 0.25) is 0 Å². The zero-order valence-electron chi connectivity index (χ0n) is 26.1. The molecule has 4 rings (SSSR count). The molecule has 1 aliphatic heterocycles. The molecular formula is C29H25BrF7N5O9P2. The molecule has 3 amide bonds. The van der Waals surface area contributed by atoms with E-state index in [1.54, 1.807) is 0 Å². The van der Waals surface area contributed by atoms with Crippen LogP contribution in [0.4, 0.5) is 30.7 Å². The van der Waals surface area contributed by atoms with Crippen LogP contribution in [0.1, 0.15) is 38.2 Å². The molecule has 0 saturated carbocycles. The molecule has 3 aromatic carbocycles. The zero-order chi connectivity index (χ0) is 39.9. The molecule has 1 heterocycles. The highest BCUT2D eigenvalue weighted by Crippen LogP contribution is 2.60. The standard InChI is InChI=1S/C29H25BrF7N5O9P2/c30-20-12-16(11-19(13-20)26(41-42-26)29(35,36)37)24(44)40-22(10-15-3-7-18(8-4-15)28(33,34)53(49,50)51)25(45)39-21(23(38)43)9-14-1-5-17(6-2-14)27(31,32)52(46,47)48/h1-8,11-13,21-22H,9-10H2,(H2,38,43)(H,39,45)(H,40,44)(H2,46,47,48)(H2,49,50,51)/t21-,22-/m0/s1. The largest absolute Gasteiger partial charge is 0.442 e. The minimum Gasteiger partial charge on any atom is -0.368 e. The minimum atomic E-state index is -5.96. The number of nitrogens with two attached hydrogens (primary N) is 1. The smallest absolute Gasteiger partial charge is 0.368 e. The normalized spacial score (nSPS) is 15.7. The molecule has 0 radical (unpaired) electrons. The van der Waals surface area contributed by atoms with E-state index in [1.165, 1.54) is 0 Å². The predicted molar refractivity (Wildman–Crippen MR) is 171 cm³/mol. The molecular weight excluding hydrogens is 837 g/mol. The van der Waals surface area contributed by atoms with E-state index in [2.05, 4.69) is 36.8 Å². The molecule has 0 spiro atoms. The summed E-state index contributed by atoms with van der Waals surface area (Å²) in [6.45, 7) is 0. The molecule has 286 valence electrons. The van der Waals surface area contributed by atoms with Gasteiger partial charge in [0.1, 0.15) is 12.1 Å². The van der Waals surface area contributed by atoms with Crippen molar-refractivity contribution in [2.24, 2.45) is 16.0 Å². The first-order chi connectivity index (χ1) is 24.2. The van der Waals surface area contributed by atoms with Gasteiger partial charge in [0.15, 0.2) is 0 Å². The second kappa shape index (κ2) is 14.7. The quantitative estimate of drug-likeness (QED) is 0.0882. The van der Waals surface area contributed by atoms with Gasteiger partial charge in [-0.1, -0.05) is 64.5 Å². The molecule has 0 bridgehead atoms. The highest BCUT2D eigenvalue weighted by atomic mass is 79.9. The first kappa shape index (κ1) is 41.7. The summed E-state index contributed by atoms with van der Waals surface area (Å²) in [4.78, 5) is 75.3. The number of carbonyl (C=O) groups is 3. The van der Waals surface area contributed by atoms with Gasteiger partial charge < -0.3 is 35.9 Å². The number of hydrogen-bond acceptors (Lipinski definition) is 7. The number of nitrogens with one attached hydrogen (secondary N) is 2. The number of primary amides is 1. The number of hydrogen-bond donors (Lipinski definition) is 7. The van der Waals surface area contributed by atoms with Crippen LogP contribution >= 0.6 is 31.1 Å². The Morgan fingerprint density at radius 2 is 1.17 bits per heavy atom. The summed E-state index contributed by atoms with van der Waals surface area (Å²) in [5.41, 5.74) is -9.79. The van der Waals surface area contributed by atoms with Crippen molar-refractivity contribution >= 4 is 48.8 Å². The first-order valence-corrected chi connectivity index (χ1v) is 18.5. The van der Waals surface area contributed by atoms with Crippen LogP contribution in [0.15, 0.2) is 81.4 Å². The van der Waals surface area contributed by atoms with Gasteiger partial charge in [0.05, 0.1) is 0 Å². The molecule has 2 atom stereocenters. The lowest BCUT2D eigenvalue weighted by Gasteiger charge is -2.23. The van der Waals surface area contributed by atoms with E-state index in [0.717, 1.165) is 42.5 Å². The van der Waals surface area contributed by atoms with E-state index >= 15 is 0 Å². The monoisotopic (exact) mass is 861 g/mol. The van der Waals surface area contributed by atoms with Crippen molar-refractivity contribution in [1.29, 1.82) is 0 Å². The molecule has 0 aromatic heterocycles. The van der Waals surface area contributed by atoms with Crippen molar-refractivity contribution in [3.63, 3.8) is 0 Å². The summed E-state index contributed by atoms with van der Waals surface area (Å²) in [5, 5.41) is 10.7. The van der Waals surface area contributed by atoms with Crippen LogP contribution in [-0.2, 0) is 48.6 Å². The number of rotatable bonds is 14. The molecule has 0 fully saturated rings. The molecule has 24 heteroatoms. The molecule has 53 heavy (non-hydrogen) atoms. The molecule has 3 aromatic rings. The highest BCUT2D eigenvalue weighted by molar-refractivity contribution is 9.10. The van der Waals surface area contributed by atoms with Crippen molar-refractivity contribution in [3.05, 3.63) is 105 Å². The number of carbonyl (C=O) groups excluding carboxylic acids is 3. The molecule has 0 unspecified atom stereocenters. The lowest BCUT2D eigenvalue weighted by Crippen LogP contribution is -2.54. The van der Waals surface area contributed by atoms with Gasteiger partial charge in [0.2, 0.25) is 11.8 Å². The van der Waals surface area contributed by atoms with E-state index in [0.29, 0.717) is 24.3 Å². The SMILES string of the molecule is NC(=O)[C@H](Cc1ccc(C(F)(F)P(=O)(O)O)cc1)NC(=O)[C@H](Cc1ccc(C(F)(F)P(=O)(O)O)cc1)NC(=O)c1cc(Br)cc(C2(C(F)(F)F)N=N2)c1. The number of amides is 3. The summed E-state index contributed by atoms with van der Waals surface area (Å²) in [6.07, 6.45) is -6.04. The Balaban J connectivity index is 1.63. The Morgan fingerprint density at radius 3 is 1.55 bits per heavy atom. The maximum Gasteiger partial charge on any atom is 0.442 e. The molecule has 8 N–H and O–H groups in total. The average molecular weight is 862 g/mol. The van der Waals surface area contributed by atoms with Crippen LogP contribution < -0.4 is 16.4 Å². The number of halogens is 8. The van der Waals surface area contributed by atoms with Crippen LogP contribution in [0.5, 0.6) is 0 Å². The van der Waals surface area contributed by atoms with Crippen molar-refractivity contribution in [3.8, 4) is 0 Å². The maximum atomic E-state index is 14.2. The molecule has 0 aliphatic carbocycles. The summed E-state index contributed by atoms with van der Waals surface area (Å²) in [7, 11) is -11.9. The summed E-state index contributed by atoms with van der Waals surface area (Å²) < 4.78 is 120. The van der Waals surface area contributed by atoms with Gasteiger partial charge in [-0.3, -0.25) is 23.5 Å². The second-order valence-corrected chi connectivity index (χ2v) is 15.8.